The standard InChI is InChI=1S/C22H17FO2.C15H11FO.C15H12O.C8H10O.C7H8O/c1-16-7-12-20(13-8-16)25-22(24)14-11-18-9-10-19(15-21(18)23)17-5-3-2-4-6-17;16-15-11-12(5-4-10-17)8-9-14(15)13-6-2-1-3-7-13;16-12-4-5-13-8-10-15(11-9-13)14-6-2-1-3-7-14;1-7-3-5-8(9-2)6-4-7;1-8-7-5-3-2-4-6-7/h2-15H,1H3;1-11H;1-12H;3-6H,1-2H3;2-6H,1H3/b14-11+;2*5-4+;;. The summed E-state index contributed by atoms with van der Waals surface area (Å²) >= 11 is 0. The molecule has 0 saturated carbocycles. The van der Waals surface area contributed by atoms with Crippen LogP contribution in [0.15, 0.2) is 249 Å². The molecule has 0 aromatic heterocycles. The van der Waals surface area contributed by atoms with Crippen molar-refractivity contribution in [1.29, 1.82) is 0 Å². The molecule has 6 nitrogen and oxygen atoms in total. The molecule has 0 amide bonds. The maximum absolute atomic E-state index is 14.3. The molecule has 0 atom stereocenters. The van der Waals surface area contributed by atoms with Crippen LogP contribution in [0.25, 0.3) is 51.6 Å². The lowest BCUT2D eigenvalue weighted by atomic mass is 10.0. The lowest BCUT2D eigenvalue weighted by molar-refractivity contribution is -0.128. The molecule has 0 aliphatic heterocycles. The number of methoxy groups -OCH3 is 2. The maximum Gasteiger partial charge on any atom is 0.336 e. The largest absolute Gasteiger partial charge is 0.497 e. The van der Waals surface area contributed by atoms with E-state index in [4.69, 9.17) is 14.2 Å². The van der Waals surface area contributed by atoms with E-state index in [1.807, 2.05) is 171 Å². The van der Waals surface area contributed by atoms with Crippen LogP contribution in [-0.2, 0) is 14.4 Å². The number of hydrogen-bond donors (Lipinski definition) is 0. The third kappa shape index (κ3) is 20.2. The van der Waals surface area contributed by atoms with Crippen LogP contribution in [0.1, 0.15) is 27.8 Å². The minimum absolute atomic E-state index is 0.288. The highest BCUT2D eigenvalue weighted by molar-refractivity contribution is 5.89. The van der Waals surface area contributed by atoms with Gasteiger partial charge in [0.05, 0.1) is 14.2 Å². The number of ether oxygens (including phenoxy) is 3. The second kappa shape index (κ2) is 31.7. The van der Waals surface area contributed by atoms with Gasteiger partial charge < -0.3 is 14.2 Å². The fourth-order valence-electron chi connectivity index (χ4n) is 6.82. The van der Waals surface area contributed by atoms with Gasteiger partial charge in [-0.3, -0.25) is 9.59 Å². The van der Waals surface area contributed by atoms with Crippen LogP contribution >= 0.6 is 0 Å². The maximum atomic E-state index is 14.3. The minimum Gasteiger partial charge on any atom is -0.497 e. The van der Waals surface area contributed by atoms with Gasteiger partial charge >= 0.3 is 5.97 Å². The first-order valence-corrected chi connectivity index (χ1v) is 23.8. The molecule has 0 N–H and O–H groups in total. The van der Waals surface area contributed by atoms with Gasteiger partial charge in [0.25, 0.3) is 0 Å². The molecule has 9 aromatic carbocycles. The average Bonchev–Trinajstić information content (AvgIpc) is 3.46. The molecule has 8 heteroatoms. The Morgan fingerprint density at radius 3 is 1.31 bits per heavy atom. The monoisotopic (exact) mass is 996 g/mol. The Balaban J connectivity index is 0.000000184. The van der Waals surface area contributed by atoms with Crippen molar-refractivity contribution in [2.75, 3.05) is 14.2 Å². The summed E-state index contributed by atoms with van der Waals surface area (Å²) in [7, 11) is 3.33. The number of carbonyl (C=O) groups excluding carboxylic acids is 3. The highest BCUT2D eigenvalue weighted by Crippen LogP contribution is 2.25. The first kappa shape index (κ1) is 56.4. The zero-order chi connectivity index (χ0) is 53.5. The van der Waals surface area contributed by atoms with Crippen molar-refractivity contribution in [2.45, 2.75) is 13.8 Å². The number of para-hydroxylation sites is 1. The van der Waals surface area contributed by atoms with Gasteiger partial charge in [-0.2, -0.15) is 0 Å². The molecule has 9 rings (SSSR count). The summed E-state index contributed by atoms with van der Waals surface area (Å²) in [6.45, 7) is 4.01. The lowest BCUT2D eigenvalue weighted by Crippen LogP contribution is -2.03. The van der Waals surface area contributed by atoms with Crippen molar-refractivity contribution in [3.63, 3.8) is 0 Å². The van der Waals surface area contributed by atoms with Gasteiger partial charge in [-0.15, -0.1) is 0 Å². The fraction of sp³-hybridized carbons (Fsp3) is 0.0597. The van der Waals surface area contributed by atoms with Gasteiger partial charge in [-0.1, -0.05) is 205 Å². The second-order valence-electron chi connectivity index (χ2n) is 16.3. The topological polar surface area (TPSA) is 78.9 Å². The van der Waals surface area contributed by atoms with E-state index in [0.717, 1.165) is 45.6 Å². The van der Waals surface area contributed by atoms with Crippen LogP contribution in [0.4, 0.5) is 8.78 Å². The molecule has 0 aliphatic rings. The van der Waals surface area contributed by atoms with E-state index in [9.17, 15) is 23.2 Å². The quantitative estimate of drug-likeness (QED) is 0.0525. The minimum atomic E-state index is -0.546. The number of halogens is 2. The number of aldehydes is 2. The zero-order valence-corrected chi connectivity index (χ0v) is 42.3. The van der Waals surface area contributed by atoms with Gasteiger partial charge in [0.15, 0.2) is 0 Å². The van der Waals surface area contributed by atoms with Gasteiger partial charge in [0.2, 0.25) is 0 Å². The summed E-state index contributed by atoms with van der Waals surface area (Å²) < 4.78 is 43.2. The molecule has 9 aromatic rings. The van der Waals surface area contributed by atoms with E-state index < -0.39 is 5.97 Å². The number of benzene rings is 9. The number of esters is 1. The zero-order valence-electron chi connectivity index (χ0n) is 42.3. The normalized spacial score (nSPS) is 10.3. The van der Waals surface area contributed by atoms with E-state index >= 15 is 0 Å². The molecular weight excluding hydrogens is 939 g/mol. The van der Waals surface area contributed by atoms with Crippen LogP contribution in [-0.4, -0.2) is 32.8 Å². The third-order valence-corrected chi connectivity index (χ3v) is 10.8. The molecule has 0 aliphatic carbocycles. The molecule has 0 fully saturated rings. The van der Waals surface area contributed by atoms with E-state index in [-0.39, 0.29) is 11.6 Å². The Hall–Kier alpha value is -9.53. The summed E-state index contributed by atoms with van der Waals surface area (Å²) in [5.41, 5.74) is 9.91. The Kier molecular flexibility index (Phi) is 23.9. The van der Waals surface area contributed by atoms with Crippen LogP contribution < -0.4 is 14.2 Å². The van der Waals surface area contributed by atoms with E-state index in [1.54, 1.807) is 56.7 Å². The molecule has 0 spiro atoms. The number of allylic oxidation sites excluding steroid dienone is 2. The lowest BCUT2D eigenvalue weighted by Gasteiger charge is -2.04. The molecule has 0 radical (unpaired) electrons. The van der Waals surface area contributed by atoms with E-state index in [1.165, 1.54) is 53.1 Å². The second-order valence-corrected chi connectivity index (χ2v) is 16.3. The van der Waals surface area contributed by atoms with Crippen LogP contribution in [0, 0.1) is 25.5 Å². The molecule has 376 valence electrons. The van der Waals surface area contributed by atoms with Crippen molar-refractivity contribution in [3.05, 3.63) is 288 Å². The molecule has 75 heavy (non-hydrogen) atoms. The first-order chi connectivity index (χ1) is 36.6. The van der Waals surface area contributed by atoms with Gasteiger partial charge in [0.1, 0.15) is 41.5 Å². The van der Waals surface area contributed by atoms with Gasteiger partial charge in [-0.05, 0) is 120 Å². The summed E-state index contributed by atoms with van der Waals surface area (Å²) in [5, 5.41) is 0. The predicted octanol–water partition coefficient (Wildman–Crippen LogP) is 16.4. The van der Waals surface area contributed by atoms with Crippen LogP contribution in [0.5, 0.6) is 17.2 Å². The van der Waals surface area contributed by atoms with Gasteiger partial charge in [0, 0.05) is 17.2 Å². The van der Waals surface area contributed by atoms with Crippen molar-refractivity contribution >= 4 is 36.8 Å². The smallest absolute Gasteiger partial charge is 0.336 e. The Bertz CT molecular complexity index is 3190. The number of carbonyl (C=O) groups is 3. The van der Waals surface area contributed by atoms with Gasteiger partial charge in [-0.25, -0.2) is 13.6 Å². The number of rotatable bonds is 12. The molecular formula is C67H58F2O6. The van der Waals surface area contributed by atoms with Crippen LogP contribution in [0.2, 0.25) is 0 Å². The summed E-state index contributed by atoms with van der Waals surface area (Å²) in [5.74, 6) is 1.06. The third-order valence-electron chi connectivity index (χ3n) is 10.8. The summed E-state index contributed by atoms with van der Waals surface area (Å²) in [6, 6.07) is 71.9. The van der Waals surface area contributed by atoms with Crippen molar-refractivity contribution in [2.24, 2.45) is 0 Å². The molecule has 0 unspecified atom stereocenters. The SMILES string of the molecule is COc1ccc(C)cc1.COc1ccccc1.Cc1ccc(OC(=O)/C=C/c2ccc(-c3ccccc3)cc2F)cc1.O=C/C=C/c1ccc(-c2ccccc2)c(F)c1.O=C/C=C/c1ccc(-c2ccccc2)cc1. The molecule has 0 saturated heterocycles. The highest BCUT2D eigenvalue weighted by atomic mass is 19.1. The Labute approximate surface area is 439 Å². The van der Waals surface area contributed by atoms with Crippen molar-refractivity contribution < 1.29 is 37.4 Å². The highest BCUT2D eigenvalue weighted by Gasteiger charge is 2.06. The fourth-order valence-corrected chi connectivity index (χ4v) is 6.82. The predicted molar refractivity (Wildman–Crippen MR) is 302 cm³/mol. The van der Waals surface area contributed by atoms with E-state index in [2.05, 4.69) is 31.2 Å². The van der Waals surface area contributed by atoms with Crippen molar-refractivity contribution in [3.8, 4) is 50.6 Å². The number of aryl methyl sites for hydroxylation is 2. The van der Waals surface area contributed by atoms with Crippen LogP contribution in [0.3, 0.4) is 0 Å². The Morgan fingerprint density at radius 1 is 0.400 bits per heavy atom. The average molecular weight is 997 g/mol. The summed E-state index contributed by atoms with van der Waals surface area (Å²) in [6.07, 6.45) is 10.3. The van der Waals surface area contributed by atoms with Crippen molar-refractivity contribution in [1.82, 2.24) is 0 Å². The van der Waals surface area contributed by atoms with E-state index in [0.29, 0.717) is 28.7 Å². The molecule has 0 heterocycles. The number of hydrogen-bond acceptors (Lipinski definition) is 6. The first-order valence-electron chi connectivity index (χ1n) is 23.8. The molecule has 0 bridgehead atoms. The summed E-state index contributed by atoms with van der Waals surface area (Å²) in [4.78, 5) is 32.2. The Morgan fingerprint density at radius 2 is 0.827 bits per heavy atom.